The molecule has 4 atom stereocenters. The summed E-state index contributed by atoms with van der Waals surface area (Å²) in [5.41, 5.74) is 6.46. The third-order valence-corrected chi connectivity index (χ3v) is 5.86. The van der Waals surface area contributed by atoms with E-state index in [0.717, 1.165) is 5.92 Å². The minimum Gasteiger partial charge on any atom is -0.375 e. The molecule has 0 radical (unpaired) electrons. The molecule has 0 spiro atoms. The van der Waals surface area contributed by atoms with Crippen LogP contribution in [0.25, 0.3) is 0 Å². The maximum absolute atomic E-state index is 6.18. The molecule has 3 nitrogen and oxygen atoms in total. The van der Waals surface area contributed by atoms with Crippen LogP contribution in [0.3, 0.4) is 0 Å². The molecule has 106 valence electrons. The van der Waals surface area contributed by atoms with Gasteiger partial charge in [0.2, 0.25) is 0 Å². The van der Waals surface area contributed by atoms with Gasteiger partial charge < -0.3 is 15.2 Å². The number of rotatable bonds is 6. The molecule has 0 aromatic carbocycles. The molecule has 0 heterocycles. The molecule has 2 rings (SSSR count). The molecule has 4 unspecified atom stereocenters. The fourth-order valence-electron chi connectivity index (χ4n) is 4.03. The SMILES string of the molecule is CCOC(CN)COC1CC2CCC1(C)C2(C)C. The van der Waals surface area contributed by atoms with Crippen molar-refractivity contribution in [3.8, 4) is 0 Å². The molecule has 2 saturated carbocycles. The van der Waals surface area contributed by atoms with Crippen molar-refractivity contribution in [2.24, 2.45) is 22.5 Å². The van der Waals surface area contributed by atoms with E-state index < -0.39 is 0 Å². The normalized spacial score (nSPS) is 39.2. The zero-order valence-electron chi connectivity index (χ0n) is 12.4. The molecule has 2 N–H and O–H groups in total. The maximum Gasteiger partial charge on any atom is 0.0930 e. The minimum absolute atomic E-state index is 0.0563. The predicted octanol–water partition coefficient (Wildman–Crippen LogP) is 2.58. The lowest BCUT2D eigenvalue weighted by atomic mass is 9.70. The highest BCUT2D eigenvalue weighted by Crippen LogP contribution is 2.66. The van der Waals surface area contributed by atoms with Crippen LogP contribution in [-0.4, -0.2) is 32.0 Å². The van der Waals surface area contributed by atoms with E-state index in [0.29, 0.717) is 36.7 Å². The van der Waals surface area contributed by atoms with Crippen molar-refractivity contribution in [1.29, 1.82) is 0 Å². The van der Waals surface area contributed by atoms with Crippen molar-refractivity contribution in [2.45, 2.75) is 59.2 Å². The Balaban J connectivity index is 1.92. The van der Waals surface area contributed by atoms with Gasteiger partial charge in [0.15, 0.2) is 0 Å². The van der Waals surface area contributed by atoms with Gasteiger partial charge in [0.1, 0.15) is 0 Å². The van der Waals surface area contributed by atoms with E-state index in [1.807, 2.05) is 6.92 Å². The molecule has 0 amide bonds. The predicted molar refractivity (Wildman–Crippen MR) is 73.4 cm³/mol. The highest BCUT2D eigenvalue weighted by Gasteiger charge is 2.61. The van der Waals surface area contributed by atoms with Crippen LogP contribution in [0.4, 0.5) is 0 Å². The van der Waals surface area contributed by atoms with Crippen molar-refractivity contribution >= 4 is 0 Å². The second-order valence-corrected chi connectivity index (χ2v) is 6.75. The number of hydrogen-bond donors (Lipinski definition) is 1. The smallest absolute Gasteiger partial charge is 0.0930 e. The molecule has 0 saturated heterocycles. The molecule has 2 bridgehead atoms. The molecular formula is C15H29NO2. The Labute approximate surface area is 111 Å². The molecule has 3 heteroatoms. The first-order chi connectivity index (χ1) is 8.45. The fraction of sp³-hybridized carbons (Fsp3) is 1.00. The summed E-state index contributed by atoms with van der Waals surface area (Å²) in [7, 11) is 0. The van der Waals surface area contributed by atoms with Crippen LogP contribution in [0.1, 0.15) is 47.0 Å². The second-order valence-electron chi connectivity index (χ2n) is 6.75. The summed E-state index contributed by atoms with van der Waals surface area (Å²) < 4.78 is 11.7. The van der Waals surface area contributed by atoms with Gasteiger partial charge in [-0.15, -0.1) is 0 Å². The lowest BCUT2D eigenvalue weighted by molar-refractivity contribution is -0.0863. The van der Waals surface area contributed by atoms with E-state index in [1.165, 1.54) is 19.3 Å². The first kappa shape index (κ1) is 14.3. The van der Waals surface area contributed by atoms with Gasteiger partial charge in [-0.2, -0.15) is 0 Å². The molecular weight excluding hydrogens is 226 g/mol. The van der Waals surface area contributed by atoms with Crippen molar-refractivity contribution in [2.75, 3.05) is 19.8 Å². The standard InChI is InChI=1S/C15H29NO2/c1-5-17-12(9-16)10-18-13-8-11-6-7-15(13,4)14(11,2)3/h11-13H,5-10,16H2,1-4H3. The highest BCUT2D eigenvalue weighted by molar-refractivity contribution is 5.11. The maximum atomic E-state index is 6.18. The average Bonchev–Trinajstić information content (AvgIpc) is 2.67. The van der Waals surface area contributed by atoms with E-state index in [2.05, 4.69) is 20.8 Å². The molecule has 18 heavy (non-hydrogen) atoms. The summed E-state index contributed by atoms with van der Waals surface area (Å²) in [5.74, 6) is 0.830. The van der Waals surface area contributed by atoms with Gasteiger partial charge in [-0.3, -0.25) is 0 Å². The largest absolute Gasteiger partial charge is 0.375 e. The van der Waals surface area contributed by atoms with Crippen LogP contribution in [0.15, 0.2) is 0 Å². The van der Waals surface area contributed by atoms with Gasteiger partial charge in [-0.05, 0) is 42.9 Å². The number of fused-ring (bicyclic) bond motifs is 2. The third-order valence-electron chi connectivity index (χ3n) is 5.86. The molecule has 0 aromatic heterocycles. The highest BCUT2D eigenvalue weighted by atomic mass is 16.5. The van der Waals surface area contributed by atoms with E-state index in [1.54, 1.807) is 0 Å². The first-order valence-electron chi connectivity index (χ1n) is 7.39. The Kier molecular flexibility index (Phi) is 4.05. The Morgan fingerprint density at radius 3 is 2.50 bits per heavy atom. The van der Waals surface area contributed by atoms with Gasteiger partial charge >= 0.3 is 0 Å². The Morgan fingerprint density at radius 1 is 1.33 bits per heavy atom. The minimum atomic E-state index is 0.0563. The zero-order chi connectivity index (χ0) is 13.4. The van der Waals surface area contributed by atoms with Crippen LogP contribution in [0.2, 0.25) is 0 Å². The zero-order valence-corrected chi connectivity index (χ0v) is 12.4. The van der Waals surface area contributed by atoms with Crippen molar-refractivity contribution in [1.82, 2.24) is 0 Å². The summed E-state index contributed by atoms with van der Waals surface area (Å²) in [5, 5.41) is 0. The van der Waals surface area contributed by atoms with Crippen LogP contribution >= 0.6 is 0 Å². The quantitative estimate of drug-likeness (QED) is 0.793. The van der Waals surface area contributed by atoms with Crippen LogP contribution < -0.4 is 5.73 Å². The first-order valence-corrected chi connectivity index (χ1v) is 7.39. The van der Waals surface area contributed by atoms with Crippen molar-refractivity contribution < 1.29 is 9.47 Å². The summed E-state index contributed by atoms with van der Waals surface area (Å²) in [4.78, 5) is 0. The molecule has 2 aliphatic rings. The summed E-state index contributed by atoms with van der Waals surface area (Å²) in [6.45, 7) is 11.1. The van der Waals surface area contributed by atoms with Crippen LogP contribution in [0.5, 0.6) is 0 Å². The van der Waals surface area contributed by atoms with Crippen molar-refractivity contribution in [3.63, 3.8) is 0 Å². The summed E-state index contributed by atoms with van der Waals surface area (Å²) in [6.07, 6.45) is 4.33. The monoisotopic (exact) mass is 255 g/mol. The van der Waals surface area contributed by atoms with Gasteiger partial charge in [-0.1, -0.05) is 20.8 Å². The number of ether oxygens (including phenoxy) is 2. The molecule has 0 aromatic rings. The van der Waals surface area contributed by atoms with Crippen LogP contribution in [0, 0.1) is 16.7 Å². The second kappa shape index (κ2) is 5.10. The molecule has 2 fully saturated rings. The van der Waals surface area contributed by atoms with E-state index in [-0.39, 0.29) is 6.10 Å². The fourth-order valence-corrected chi connectivity index (χ4v) is 4.03. The lowest BCUT2D eigenvalue weighted by Crippen LogP contribution is -2.39. The number of hydrogen-bond acceptors (Lipinski definition) is 3. The van der Waals surface area contributed by atoms with E-state index >= 15 is 0 Å². The van der Waals surface area contributed by atoms with Gasteiger partial charge in [0.05, 0.1) is 18.8 Å². The number of nitrogens with two attached hydrogens (primary N) is 1. The Morgan fingerprint density at radius 2 is 2.06 bits per heavy atom. The van der Waals surface area contributed by atoms with Crippen molar-refractivity contribution in [3.05, 3.63) is 0 Å². The molecule has 2 aliphatic carbocycles. The summed E-state index contributed by atoms with van der Waals surface area (Å²) >= 11 is 0. The Bertz CT molecular complexity index is 292. The van der Waals surface area contributed by atoms with E-state index in [4.69, 9.17) is 15.2 Å². The average molecular weight is 255 g/mol. The van der Waals surface area contributed by atoms with Gasteiger partial charge in [0.25, 0.3) is 0 Å². The summed E-state index contributed by atoms with van der Waals surface area (Å²) in [6, 6.07) is 0. The van der Waals surface area contributed by atoms with Crippen LogP contribution in [-0.2, 0) is 9.47 Å². The molecule has 0 aliphatic heterocycles. The van der Waals surface area contributed by atoms with Gasteiger partial charge in [-0.25, -0.2) is 0 Å². The topological polar surface area (TPSA) is 44.5 Å². The van der Waals surface area contributed by atoms with E-state index in [9.17, 15) is 0 Å². The lowest BCUT2D eigenvalue weighted by Gasteiger charge is -2.39. The third kappa shape index (κ3) is 2.10. The van der Waals surface area contributed by atoms with Gasteiger partial charge in [0, 0.05) is 13.2 Å². The Hall–Kier alpha value is -0.120.